The highest BCUT2D eigenvalue weighted by Gasteiger charge is 2.38. The molecule has 0 saturated carbocycles. The number of carbonyl (C=O) groups excluding carboxylic acids is 1. The van der Waals surface area contributed by atoms with E-state index in [1.807, 2.05) is 6.92 Å². The molecule has 1 aromatic heterocycles. The Labute approximate surface area is 112 Å². The molecule has 1 fully saturated rings. The minimum Gasteiger partial charge on any atom is -0.394 e. The zero-order valence-corrected chi connectivity index (χ0v) is 11.6. The molecule has 19 heavy (non-hydrogen) atoms. The summed E-state index contributed by atoms with van der Waals surface area (Å²) in [6, 6.07) is -0.410. The van der Waals surface area contributed by atoms with Crippen molar-refractivity contribution in [1.29, 1.82) is 0 Å². The highest BCUT2D eigenvalue weighted by atomic mass is 16.3. The Hall–Kier alpha value is -1.40. The molecular formula is C13H21N3O3. The number of carbonyl (C=O) groups is 1. The van der Waals surface area contributed by atoms with Gasteiger partial charge in [-0.15, -0.1) is 0 Å². The molecule has 1 saturated heterocycles. The van der Waals surface area contributed by atoms with E-state index in [1.165, 1.54) is 0 Å². The molecule has 0 aromatic carbocycles. The van der Waals surface area contributed by atoms with Gasteiger partial charge in [-0.2, -0.15) is 5.10 Å². The van der Waals surface area contributed by atoms with Crippen molar-refractivity contribution in [2.24, 2.45) is 7.05 Å². The second-order valence-corrected chi connectivity index (χ2v) is 5.13. The van der Waals surface area contributed by atoms with Crippen LogP contribution in [0.2, 0.25) is 0 Å². The number of amides is 1. The minimum absolute atomic E-state index is 0.0689. The standard InChI is InChI=1S/C13H21N3O3/c1-8-12(9(2)15(3)14-8)13(19)16-10(6-17)4-5-11(16)7-18/h10-11,17-18H,4-7H2,1-3H3/t10-,11-/m1/s1. The number of aliphatic hydroxyl groups excluding tert-OH is 2. The zero-order chi connectivity index (χ0) is 14.2. The van der Waals surface area contributed by atoms with Crippen molar-refractivity contribution < 1.29 is 15.0 Å². The Morgan fingerprint density at radius 2 is 1.79 bits per heavy atom. The lowest BCUT2D eigenvalue weighted by Gasteiger charge is -2.28. The van der Waals surface area contributed by atoms with Gasteiger partial charge in [-0.25, -0.2) is 0 Å². The average Bonchev–Trinajstić information content (AvgIpc) is 2.90. The molecule has 2 atom stereocenters. The predicted octanol–water partition coefficient (Wildman–Crippen LogP) is -0.00526. The van der Waals surface area contributed by atoms with Gasteiger partial charge in [0.25, 0.3) is 5.91 Å². The largest absolute Gasteiger partial charge is 0.394 e. The zero-order valence-electron chi connectivity index (χ0n) is 11.6. The number of rotatable bonds is 3. The smallest absolute Gasteiger partial charge is 0.258 e. The van der Waals surface area contributed by atoms with Crippen LogP contribution in [0.1, 0.15) is 34.6 Å². The maximum Gasteiger partial charge on any atom is 0.258 e. The van der Waals surface area contributed by atoms with E-state index in [0.717, 1.165) is 18.5 Å². The van der Waals surface area contributed by atoms with E-state index < -0.39 is 0 Å². The fourth-order valence-corrected chi connectivity index (χ4v) is 2.86. The molecule has 1 aliphatic heterocycles. The van der Waals surface area contributed by atoms with Crippen molar-refractivity contribution >= 4 is 5.91 Å². The van der Waals surface area contributed by atoms with E-state index in [1.54, 1.807) is 23.6 Å². The Kier molecular flexibility index (Phi) is 3.91. The molecule has 0 bridgehead atoms. The van der Waals surface area contributed by atoms with Crippen LogP contribution in [-0.4, -0.2) is 56.1 Å². The summed E-state index contributed by atoms with van der Waals surface area (Å²) in [5, 5.41) is 23.0. The van der Waals surface area contributed by atoms with Crippen LogP contribution in [0.15, 0.2) is 0 Å². The van der Waals surface area contributed by atoms with E-state index in [4.69, 9.17) is 0 Å². The molecule has 106 valence electrons. The molecule has 2 heterocycles. The second kappa shape index (κ2) is 5.30. The Bertz CT molecular complexity index is 472. The molecule has 6 nitrogen and oxygen atoms in total. The first-order chi connectivity index (χ1) is 9.01. The number of hydrogen-bond donors (Lipinski definition) is 2. The van der Waals surface area contributed by atoms with E-state index in [2.05, 4.69) is 5.10 Å². The predicted molar refractivity (Wildman–Crippen MR) is 69.8 cm³/mol. The first kappa shape index (κ1) is 14.0. The van der Waals surface area contributed by atoms with Gasteiger partial charge in [-0.1, -0.05) is 0 Å². The van der Waals surface area contributed by atoms with Gasteiger partial charge in [0.2, 0.25) is 0 Å². The van der Waals surface area contributed by atoms with E-state index in [0.29, 0.717) is 11.3 Å². The van der Waals surface area contributed by atoms with Gasteiger partial charge in [-0.05, 0) is 26.7 Å². The molecule has 2 rings (SSSR count). The number of aliphatic hydroxyl groups is 2. The van der Waals surface area contributed by atoms with Crippen molar-refractivity contribution in [2.45, 2.75) is 38.8 Å². The molecule has 2 N–H and O–H groups in total. The van der Waals surface area contributed by atoms with Crippen molar-refractivity contribution in [1.82, 2.24) is 14.7 Å². The monoisotopic (exact) mass is 267 g/mol. The molecule has 1 aliphatic rings. The lowest BCUT2D eigenvalue weighted by atomic mass is 10.1. The van der Waals surface area contributed by atoms with Gasteiger partial charge in [-0.3, -0.25) is 9.48 Å². The summed E-state index contributed by atoms with van der Waals surface area (Å²) in [5.41, 5.74) is 2.08. The molecular weight excluding hydrogens is 246 g/mol. The van der Waals surface area contributed by atoms with Crippen LogP contribution < -0.4 is 0 Å². The highest BCUT2D eigenvalue weighted by Crippen LogP contribution is 2.27. The van der Waals surface area contributed by atoms with Gasteiger partial charge in [0.1, 0.15) is 0 Å². The molecule has 0 spiro atoms. The Morgan fingerprint density at radius 3 is 2.16 bits per heavy atom. The lowest BCUT2D eigenvalue weighted by Crippen LogP contribution is -2.44. The van der Waals surface area contributed by atoms with Crippen LogP contribution >= 0.6 is 0 Å². The summed E-state index contributed by atoms with van der Waals surface area (Å²) in [7, 11) is 1.80. The maximum atomic E-state index is 12.7. The van der Waals surface area contributed by atoms with Crippen molar-refractivity contribution in [3.05, 3.63) is 17.0 Å². The van der Waals surface area contributed by atoms with Crippen LogP contribution in [0.4, 0.5) is 0 Å². The fourth-order valence-electron chi connectivity index (χ4n) is 2.86. The van der Waals surface area contributed by atoms with Crippen molar-refractivity contribution in [3.8, 4) is 0 Å². The quantitative estimate of drug-likeness (QED) is 0.807. The van der Waals surface area contributed by atoms with Gasteiger partial charge < -0.3 is 15.1 Å². The summed E-state index contributed by atoms with van der Waals surface area (Å²) < 4.78 is 1.68. The number of hydrogen-bond acceptors (Lipinski definition) is 4. The van der Waals surface area contributed by atoms with Crippen LogP contribution in [0, 0.1) is 13.8 Å². The first-order valence-corrected chi connectivity index (χ1v) is 6.55. The van der Waals surface area contributed by atoms with Crippen molar-refractivity contribution in [2.75, 3.05) is 13.2 Å². The number of nitrogens with zero attached hydrogens (tertiary/aromatic N) is 3. The molecule has 0 unspecified atom stereocenters. The second-order valence-electron chi connectivity index (χ2n) is 5.13. The first-order valence-electron chi connectivity index (χ1n) is 6.55. The van der Waals surface area contributed by atoms with Gasteiger partial charge in [0, 0.05) is 12.7 Å². The molecule has 6 heteroatoms. The van der Waals surface area contributed by atoms with Crippen molar-refractivity contribution in [3.63, 3.8) is 0 Å². The van der Waals surface area contributed by atoms with Gasteiger partial charge in [0.15, 0.2) is 0 Å². The van der Waals surface area contributed by atoms with Crippen LogP contribution in [0.5, 0.6) is 0 Å². The summed E-state index contributed by atoms with van der Waals surface area (Å²) in [6.45, 7) is 3.52. The van der Waals surface area contributed by atoms with Crippen LogP contribution in [-0.2, 0) is 7.05 Å². The number of likely N-dealkylation sites (tertiary alicyclic amines) is 1. The third kappa shape index (κ3) is 2.26. The molecule has 1 amide bonds. The molecule has 0 radical (unpaired) electrons. The minimum atomic E-state index is -0.205. The lowest BCUT2D eigenvalue weighted by molar-refractivity contribution is 0.0519. The maximum absolute atomic E-state index is 12.7. The number of aromatic nitrogens is 2. The molecule has 0 aliphatic carbocycles. The SMILES string of the molecule is Cc1nn(C)c(C)c1C(=O)N1[C@@H](CO)CC[C@@H]1CO. The summed E-state index contributed by atoms with van der Waals surface area (Å²) >= 11 is 0. The summed E-state index contributed by atoms with van der Waals surface area (Å²) in [4.78, 5) is 14.3. The van der Waals surface area contributed by atoms with E-state index >= 15 is 0 Å². The van der Waals surface area contributed by atoms with Gasteiger partial charge >= 0.3 is 0 Å². The van der Waals surface area contributed by atoms with Crippen LogP contribution in [0.3, 0.4) is 0 Å². The summed E-state index contributed by atoms with van der Waals surface area (Å²) in [5.74, 6) is -0.140. The Morgan fingerprint density at radius 1 is 1.26 bits per heavy atom. The number of aryl methyl sites for hydroxylation is 2. The third-order valence-electron chi connectivity index (χ3n) is 4.00. The summed E-state index contributed by atoms with van der Waals surface area (Å²) in [6.07, 6.45) is 1.46. The highest BCUT2D eigenvalue weighted by molar-refractivity contribution is 5.97. The van der Waals surface area contributed by atoms with Gasteiger partial charge in [0.05, 0.1) is 36.6 Å². The van der Waals surface area contributed by atoms with Crippen LogP contribution in [0.25, 0.3) is 0 Å². The fraction of sp³-hybridized carbons (Fsp3) is 0.692. The Balaban J connectivity index is 2.36. The third-order valence-corrected chi connectivity index (χ3v) is 4.00. The topological polar surface area (TPSA) is 78.6 Å². The van der Waals surface area contributed by atoms with E-state index in [-0.39, 0.29) is 31.2 Å². The average molecular weight is 267 g/mol. The molecule has 1 aromatic rings. The normalized spacial score (nSPS) is 23.1. The van der Waals surface area contributed by atoms with E-state index in [9.17, 15) is 15.0 Å².